The quantitative estimate of drug-likeness (QED) is 0.346. The van der Waals surface area contributed by atoms with Gasteiger partial charge < -0.3 is 15.4 Å². The number of anilines is 1. The molecule has 0 saturated carbocycles. The van der Waals surface area contributed by atoms with Crippen molar-refractivity contribution in [1.29, 1.82) is 0 Å². The zero-order chi connectivity index (χ0) is 24.9. The molecule has 3 amide bonds. The molecule has 4 rings (SSSR count). The van der Waals surface area contributed by atoms with E-state index in [1.54, 1.807) is 62.6 Å². The summed E-state index contributed by atoms with van der Waals surface area (Å²) in [5, 5.41) is 6.54. The summed E-state index contributed by atoms with van der Waals surface area (Å²) in [5.74, 6) is -1.59. The molecule has 4 aromatic rings. The first-order valence-corrected chi connectivity index (χ1v) is 11.2. The number of ether oxygens (including phenoxy) is 1. The highest BCUT2D eigenvalue weighted by atomic mass is 35.5. The second-order valence-corrected chi connectivity index (χ2v) is 8.23. The number of nitrogens with one attached hydrogen (secondary N) is 3. The number of fused-ring (bicyclic) bond motifs is 1. The van der Waals surface area contributed by atoms with Gasteiger partial charge in [-0.25, -0.2) is 4.68 Å². The van der Waals surface area contributed by atoms with Crippen molar-refractivity contribution in [2.45, 2.75) is 13.0 Å². The molecule has 0 spiro atoms. The van der Waals surface area contributed by atoms with Crippen molar-refractivity contribution in [3.8, 4) is 5.75 Å². The molecule has 3 aromatic carbocycles. The SMILES string of the molecule is COc1ccc(NC(=O)c2cc3cc(Cl)ccc3n2NC(=O)C(=O)N[C@H](C)c2ccccc2)cc1. The van der Waals surface area contributed by atoms with Crippen LogP contribution in [0.5, 0.6) is 5.75 Å². The van der Waals surface area contributed by atoms with Crippen LogP contribution in [0.2, 0.25) is 5.02 Å². The first-order chi connectivity index (χ1) is 16.9. The van der Waals surface area contributed by atoms with Gasteiger partial charge in [-0.1, -0.05) is 41.9 Å². The molecule has 0 radical (unpaired) electrons. The zero-order valence-electron chi connectivity index (χ0n) is 19.0. The summed E-state index contributed by atoms with van der Waals surface area (Å²) in [6.45, 7) is 1.78. The number of rotatable bonds is 6. The van der Waals surface area contributed by atoms with Crippen LogP contribution in [0.25, 0.3) is 10.9 Å². The Bertz CT molecular complexity index is 1380. The number of carbonyl (C=O) groups excluding carboxylic acids is 3. The lowest BCUT2D eigenvalue weighted by Crippen LogP contribution is -2.40. The van der Waals surface area contributed by atoms with E-state index in [2.05, 4.69) is 16.1 Å². The summed E-state index contributed by atoms with van der Waals surface area (Å²) < 4.78 is 6.41. The van der Waals surface area contributed by atoms with Gasteiger partial charge in [0, 0.05) is 16.1 Å². The normalized spacial score (nSPS) is 11.5. The number of methoxy groups -OCH3 is 1. The molecule has 0 unspecified atom stereocenters. The number of benzene rings is 3. The largest absolute Gasteiger partial charge is 0.497 e. The fraction of sp³-hybridized carbons (Fsp3) is 0.115. The molecule has 8 nitrogen and oxygen atoms in total. The highest BCUT2D eigenvalue weighted by molar-refractivity contribution is 6.38. The summed E-state index contributed by atoms with van der Waals surface area (Å²) in [4.78, 5) is 38.5. The van der Waals surface area contributed by atoms with Crippen molar-refractivity contribution < 1.29 is 19.1 Å². The lowest BCUT2D eigenvalue weighted by molar-refractivity contribution is -0.137. The van der Waals surface area contributed by atoms with Crippen LogP contribution in [0, 0.1) is 0 Å². The molecule has 0 fully saturated rings. The van der Waals surface area contributed by atoms with Gasteiger partial charge in [0.05, 0.1) is 18.7 Å². The minimum atomic E-state index is -0.918. The minimum absolute atomic E-state index is 0.121. The number of hydrogen-bond donors (Lipinski definition) is 3. The first kappa shape index (κ1) is 23.8. The third-order valence-corrected chi connectivity index (χ3v) is 5.65. The highest BCUT2D eigenvalue weighted by Gasteiger charge is 2.22. The van der Waals surface area contributed by atoms with Gasteiger partial charge in [0.1, 0.15) is 11.4 Å². The first-order valence-electron chi connectivity index (χ1n) is 10.8. The maximum absolute atomic E-state index is 13.1. The fourth-order valence-corrected chi connectivity index (χ4v) is 3.76. The smallest absolute Gasteiger partial charge is 0.328 e. The molecule has 0 bridgehead atoms. The van der Waals surface area contributed by atoms with Gasteiger partial charge in [0.2, 0.25) is 0 Å². The molecule has 0 aliphatic carbocycles. The third kappa shape index (κ3) is 5.44. The number of amides is 3. The van der Waals surface area contributed by atoms with E-state index in [-0.39, 0.29) is 11.7 Å². The molecular formula is C26H23ClN4O4. The minimum Gasteiger partial charge on any atom is -0.497 e. The van der Waals surface area contributed by atoms with E-state index >= 15 is 0 Å². The predicted octanol–water partition coefficient (Wildman–Crippen LogP) is 4.50. The van der Waals surface area contributed by atoms with Gasteiger partial charge in [-0.3, -0.25) is 19.8 Å². The van der Waals surface area contributed by atoms with Crippen LogP contribution in [0.1, 0.15) is 29.0 Å². The van der Waals surface area contributed by atoms with Gasteiger partial charge in [0.25, 0.3) is 5.91 Å². The average molecular weight is 491 g/mol. The van der Waals surface area contributed by atoms with E-state index in [0.29, 0.717) is 27.4 Å². The number of halogens is 1. The van der Waals surface area contributed by atoms with Gasteiger partial charge >= 0.3 is 11.8 Å². The number of nitrogens with zero attached hydrogens (tertiary/aromatic N) is 1. The second kappa shape index (κ2) is 10.3. The molecule has 1 heterocycles. The predicted molar refractivity (Wildman–Crippen MR) is 135 cm³/mol. The van der Waals surface area contributed by atoms with E-state index in [4.69, 9.17) is 16.3 Å². The Morgan fingerprint density at radius 1 is 0.914 bits per heavy atom. The van der Waals surface area contributed by atoms with Gasteiger partial charge in [-0.05, 0) is 61.0 Å². The molecule has 0 aliphatic heterocycles. The van der Waals surface area contributed by atoms with Gasteiger partial charge in [0.15, 0.2) is 0 Å². The lowest BCUT2D eigenvalue weighted by atomic mass is 10.1. The van der Waals surface area contributed by atoms with Crippen LogP contribution in [0.15, 0.2) is 78.9 Å². The Balaban J connectivity index is 1.58. The molecule has 1 aromatic heterocycles. The summed E-state index contributed by atoms with van der Waals surface area (Å²) in [6, 6.07) is 22.3. The highest BCUT2D eigenvalue weighted by Crippen LogP contribution is 2.24. The maximum Gasteiger partial charge on any atom is 0.328 e. The summed E-state index contributed by atoms with van der Waals surface area (Å²) >= 11 is 6.12. The van der Waals surface area contributed by atoms with Crippen LogP contribution in [0.3, 0.4) is 0 Å². The Morgan fingerprint density at radius 2 is 1.63 bits per heavy atom. The van der Waals surface area contributed by atoms with E-state index < -0.39 is 17.7 Å². The standard InChI is InChI=1S/C26H23ClN4O4/c1-16(17-6-4-3-5-7-17)28-25(33)26(34)30-31-22-13-8-19(27)14-18(22)15-23(31)24(32)29-20-9-11-21(35-2)12-10-20/h3-16H,1-2H3,(H,28,33)(H,29,32)(H,30,34)/t16-/m1/s1. The second-order valence-electron chi connectivity index (χ2n) is 7.80. The molecule has 3 N–H and O–H groups in total. The van der Waals surface area contributed by atoms with Crippen molar-refractivity contribution in [1.82, 2.24) is 9.99 Å². The van der Waals surface area contributed by atoms with Crippen LogP contribution < -0.4 is 20.8 Å². The number of aromatic nitrogens is 1. The molecule has 0 saturated heterocycles. The van der Waals surface area contributed by atoms with Crippen molar-refractivity contribution in [2.24, 2.45) is 0 Å². The Hall–Kier alpha value is -4.30. The van der Waals surface area contributed by atoms with Crippen LogP contribution in [-0.4, -0.2) is 29.5 Å². The fourth-order valence-electron chi connectivity index (χ4n) is 3.58. The third-order valence-electron chi connectivity index (χ3n) is 5.41. The number of hydrogen-bond acceptors (Lipinski definition) is 4. The van der Waals surface area contributed by atoms with Crippen LogP contribution in [-0.2, 0) is 9.59 Å². The Morgan fingerprint density at radius 3 is 2.31 bits per heavy atom. The molecule has 35 heavy (non-hydrogen) atoms. The van der Waals surface area contributed by atoms with Crippen LogP contribution >= 0.6 is 11.6 Å². The molecule has 0 aliphatic rings. The van der Waals surface area contributed by atoms with E-state index in [1.807, 2.05) is 30.3 Å². The summed E-state index contributed by atoms with van der Waals surface area (Å²) in [7, 11) is 1.55. The Labute approximate surface area is 206 Å². The topological polar surface area (TPSA) is 101 Å². The van der Waals surface area contributed by atoms with Crippen molar-refractivity contribution in [3.05, 3.63) is 95.1 Å². The van der Waals surface area contributed by atoms with Crippen molar-refractivity contribution in [2.75, 3.05) is 17.9 Å². The summed E-state index contributed by atoms with van der Waals surface area (Å²) in [6.07, 6.45) is 0. The van der Waals surface area contributed by atoms with Gasteiger partial charge in [-0.2, -0.15) is 0 Å². The molecule has 1 atom stereocenters. The molecular weight excluding hydrogens is 468 g/mol. The summed E-state index contributed by atoms with van der Waals surface area (Å²) in [5.41, 5.74) is 4.55. The Kier molecular flexibility index (Phi) is 7.03. The lowest BCUT2D eigenvalue weighted by Gasteiger charge is -2.16. The van der Waals surface area contributed by atoms with Crippen molar-refractivity contribution >= 4 is 45.9 Å². The molecule has 178 valence electrons. The van der Waals surface area contributed by atoms with Crippen LogP contribution in [0.4, 0.5) is 5.69 Å². The van der Waals surface area contributed by atoms with Crippen molar-refractivity contribution in [3.63, 3.8) is 0 Å². The number of carbonyl (C=O) groups is 3. The zero-order valence-corrected chi connectivity index (χ0v) is 19.8. The maximum atomic E-state index is 13.1. The van der Waals surface area contributed by atoms with Gasteiger partial charge in [-0.15, -0.1) is 0 Å². The monoisotopic (exact) mass is 490 g/mol. The van der Waals surface area contributed by atoms with E-state index in [1.165, 1.54) is 4.68 Å². The van der Waals surface area contributed by atoms with E-state index in [9.17, 15) is 14.4 Å². The average Bonchev–Trinajstić information content (AvgIpc) is 3.22. The van der Waals surface area contributed by atoms with E-state index in [0.717, 1.165) is 5.56 Å². The molecule has 9 heteroatoms.